The molecule has 4 saturated carbocycles. The third-order valence-electron chi connectivity index (χ3n) is 14.2. The molecule has 5 aliphatic rings. The van der Waals surface area contributed by atoms with Crippen molar-refractivity contribution in [2.24, 2.45) is 56.7 Å². The van der Waals surface area contributed by atoms with Crippen molar-refractivity contribution in [1.82, 2.24) is 0 Å². The summed E-state index contributed by atoms with van der Waals surface area (Å²) in [7, 11) is 0. The van der Waals surface area contributed by atoms with Crippen LogP contribution in [-0.2, 0) is 16.1 Å². The van der Waals surface area contributed by atoms with Crippen molar-refractivity contribution in [1.29, 1.82) is 0 Å². The first-order valence-corrected chi connectivity index (χ1v) is 16.1. The Hall–Kier alpha value is -2.03. The minimum atomic E-state index is -0.381. The predicted octanol–water partition coefficient (Wildman–Crippen LogP) is 9.44. The monoisotopic (exact) mass is 544 g/mol. The van der Waals surface area contributed by atoms with E-state index in [2.05, 4.69) is 54.2 Å². The zero-order valence-corrected chi connectivity index (χ0v) is 25.9. The fraction of sp³-hybridized carbons (Fsp3) is 0.703. The van der Waals surface area contributed by atoms with Gasteiger partial charge in [0, 0.05) is 5.41 Å². The van der Waals surface area contributed by atoms with Gasteiger partial charge in [-0.25, -0.2) is 0 Å². The lowest BCUT2D eigenvalue weighted by atomic mass is 9.32. The van der Waals surface area contributed by atoms with Crippen molar-refractivity contribution in [2.75, 3.05) is 0 Å². The number of hydrogen-bond acceptors (Lipinski definition) is 3. The van der Waals surface area contributed by atoms with Crippen LogP contribution in [0.4, 0.5) is 0 Å². The van der Waals surface area contributed by atoms with Crippen LogP contribution in [0.1, 0.15) is 105 Å². The van der Waals surface area contributed by atoms with Crippen LogP contribution in [-0.4, -0.2) is 11.1 Å². The van der Waals surface area contributed by atoms with Gasteiger partial charge in [0.15, 0.2) is 0 Å². The summed E-state index contributed by atoms with van der Waals surface area (Å²) < 4.78 is 6.17. The summed E-state index contributed by atoms with van der Waals surface area (Å²) in [6.07, 6.45) is 12.0. The number of aliphatic hydroxyl groups excluding tert-OH is 1. The first-order valence-electron chi connectivity index (χ1n) is 16.1. The van der Waals surface area contributed by atoms with E-state index in [0.29, 0.717) is 42.0 Å². The Labute approximate surface area is 242 Å². The zero-order valence-electron chi connectivity index (χ0n) is 25.9. The number of benzene rings is 1. The maximum atomic E-state index is 14.1. The summed E-state index contributed by atoms with van der Waals surface area (Å²) in [6.45, 7) is 19.4. The van der Waals surface area contributed by atoms with Crippen LogP contribution in [0.3, 0.4) is 0 Å². The van der Waals surface area contributed by atoms with Gasteiger partial charge in [0.25, 0.3) is 0 Å². The number of allylic oxidation sites excluding steroid dienone is 3. The van der Waals surface area contributed by atoms with Crippen molar-refractivity contribution in [2.45, 2.75) is 106 Å². The van der Waals surface area contributed by atoms with Crippen LogP contribution in [0, 0.1) is 56.7 Å². The molecule has 1 N–H and O–H groups in total. The van der Waals surface area contributed by atoms with E-state index in [-0.39, 0.29) is 33.0 Å². The summed E-state index contributed by atoms with van der Waals surface area (Å²) in [5.74, 6) is 3.02. The molecule has 0 unspecified atom stereocenters. The van der Waals surface area contributed by atoms with Gasteiger partial charge in [-0.05, 0) is 122 Å². The Bertz CT molecular complexity index is 1210. The smallest absolute Gasteiger partial charge is 0.312 e. The fourth-order valence-electron chi connectivity index (χ4n) is 12.0. The number of hydrogen-bond donors (Lipinski definition) is 1. The largest absolute Gasteiger partial charge is 0.512 e. The van der Waals surface area contributed by atoms with Crippen LogP contribution in [0.25, 0.3) is 0 Å². The summed E-state index contributed by atoms with van der Waals surface area (Å²) in [4.78, 5) is 14.1. The lowest BCUT2D eigenvalue weighted by molar-refractivity contribution is -0.232. The Kier molecular flexibility index (Phi) is 6.49. The Morgan fingerprint density at radius 1 is 0.925 bits per heavy atom. The number of carbonyl (C=O) groups excluding carboxylic acids is 1. The number of aliphatic hydroxyl groups is 1. The van der Waals surface area contributed by atoms with E-state index < -0.39 is 0 Å². The van der Waals surface area contributed by atoms with E-state index >= 15 is 0 Å². The molecule has 5 aliphatic carbocycles. The molecule has 6 rings (SSSR count). The average Bonchev–Trinajstić information content (AvgIpc) is 3.32. The highest BCUT2D eigenvalue weighted by atomic mass is 16.5. The second-order valence-corrected chi connectivity index (χ2v) is 15.9. The molecule has 0 heterocycles. The molecule has 218 valence electrons. The van der Waals surface area contributed by atoms with E-state index in [1.54, 1.807) is 0 Å². The number of carbonyl (C=O) groups is 1. The molecular formula is C37H52O3. The topological polar surface area (TPSA) is 46.5 Å². The van der Waals surface area contributed by atoms with E-state index in [1.165, 1.54) is 31.3 Å². The summed E-state index contributed by atoms with van der Waals surface area (Å²) in [5, 5.41) is 10.9. The van der Waals surface area contributed by atoms with Crippen LogP contribution in [0.15, 0.2) is 54.3 Å². The molecule has 0 saturated heterocycles. The molecule has 1 aromatic carbocycles. The van der Waals surface area contributed by atoms with E-state index in [0.717, 1.165) is 37.7 Å². The standard InChI is InChI=1S/C37H52O3/c1-24(2)26-15-20-37(32(39)40-23-25-11-9-8-10-12-25)22-21-35(6)27(31(26)37)13-14-29-34(5)18-17-30(38)33(3,4)28(34)16-19-36(29,35)7/h8-12,17,26-29,31,38H,1,13-16,18-23H2,2-7H3/t26-,27+,28-,29+,31+,34-,35+,36+,37-/m0/s1. The van der Waals surface area contributed by atoms with Gasteiger partial charge in [0.2, 0.25) is 0 Å². The molecule has 0 spiro atoms. The van der Waals surface area contributed by atoms with Gasteiger partial charge in [-0.1, -0.05) is 77.1 Å². The van der Waals surface area contributed by atoms with Crippen LogP contribution < -0.4 is 0 Å². The third kappa shape index (κ3) is 3.64. The summed E-state index contributed by atoms with van der Waals surface area (Å²) in [5.41, 5.74) is 2.38. The predicted molar refractivity (Wildman–Crippen MR) is 161 cm³/mol. The minimum Gasteiger partial charge on any atom is -0.512 e. The maximum Gasteiger partial charge on any atom is 0.312 e. The zero-order chi connectivity index (χ0) is 28.7. The van der Waals surface area contributed by atoms with Crippen LogP contribution in [0.2, 0.25) is 0 Å². The van der Waals surface area contributed by atoms with Gasteiger partial charge < -0.3 is 9.84 Å². The van der Waals surface area contributed by atoms with Gasteiger partial charge in [0.1, 0.15) is 6.61 Å². The van der Waals surface area contributed by atoms with Crippen LogP contribution in [0.5, 0.6) is 0 Å². The van der Waals surface area contributed by atoms with Gasteiger partial charge >= 0.3 is 5.97 Å². The first kappa shape index (κ1) is 28.1. The molecule has 0 aromatic heterocycles. The second kappa shape index (κ2) is 9.23. The highest BCUT2D eigenvalue weighted by Gasteiger charge is 2.71. The molecule has 1 aromatic rings. The fourth-order valence-corrected chi connectivity index (χ4v) is 12.0. The molecule has 0 radical (unpaired) electrons. The maximum absolute atomic E-state index is 14.1. The second-order valence-electron chi connectivity index (χ2n) is 15.9. The number of esters is 1. The Morgan fingerprint density at radius 2 is 1.65 bits per heavy atom. The Morgan fingerprint density at radius 3 is 2.35 bits per heavy atom. The molecule has 0 amide bonds. The van der Waals surface area contributed by atoms with Gasteiger partial charge in [-0.3, -0.25) is 4.79 Å². The molecule has 3 nitrogen and oxygen atoms in total. The van der Waals surface area contributed by atoms with E-state index in [1.807, 2.05) is 30.3 Å². The molecule has 9 atom stereocenters. The minimum absolute atomic E-state index is 0.0461. The van der Waals surface area contributed by atoms with Crippen LogP contribution >= 0.6 is 0 Å². The Balaban J connectivity index is 1.35. The SMILES string of the molecule is C=C(C)[C@@H]1CC[C@]2(C(=O)OCc3ccccc3)CC[C@]3(C)[C@H](CC[C@@H]4[C@@]5(C)CC=C(O)C(C)(C)[C@@H]5CC[C@]43C)[C@@H]12. The van der Waals surface area contributed by atoms with Crippen molar-refractivity contribution in [3.63, 3.8) is 0 Å². The van der Waals surface area contributed by atoms with E-state index in [9.17, 15) is 9.90 Å². The number of ether oxygens (including phenoxy) is 1. The van der Waals surface area contributed by atoms with Crippen molar-refractivity contribution >= 4 is 5.97 Å². The van der Waals surface area contributed by atoms with Crippen molar-refractivity contribution in [3.05, 3.63) is 59.9 Å². The molecule has 0 bridgehead atoms. The molecular weight excluding hydrogens is 492 g/mol. The molecule has 4 fully saturated rings. The molecule has 0 aliphatic heterocycles. The van der Waals surface area contributed by atoms with Gasteiger partial charge in [-0.15, -0.1) is 0 Å². The number of rotatable bonds is 4. The number of fused-ring (bicyclic) bond motifs is 7. The van der Waals surface area contributed by atoms with E-state index in [4.69, 9.17) is 4.74 Å². The molecule has 40 heavy (non-hydrogen) atoms. The summed E-state index contributed by atoms with van der Waals surface area (Å²) >= 11 is 0. The quantitative estimate of drug-likeness (QED) is 0.303. The highest BCUT2D eigenvalue weighted by molar-refractivity contribution is 5.78. The van der Waals surface area contributed by atoms with Gasteiger partial charge in [0.05, 0.1) is 11.2 Å². The highest BCUT2D eigenvalue weighted by Crippen LogP contribution is 2.77. The third-order valence-corrected chi connectivity index (χ3v) is 14.2. The average molecular weight is 545 g/mol. The molecule has 3 heteroatoms. The van der Waals surface area contributed by atoms with Crippen molar-refractivity contribution < 1.29 is 14.6 Å². The lowest BCUT2D eigenvalue weighted by Gasteiger charge is -2.72. The summed E-state index contributed by atoms with van der Waals surface area (Å²) in [6, 6.07) is 10.1. The lowest BCUT2D eigenvalue weighted by Crippen LogP contribution is -2.66. The normalized spacial score (nSPS) is 45.2. The van der Waals surface area contributed by atoms with Crippen molar-refractivity contribution in [3.8, 4) is 0 Å². The van der Waals surface area contributed by atoms with Gasteiger partial charge in [-0.2, -0.15) is 0 Å². The first-order chi connectivity index (χ1) is 18.8.